The van der Waals surface area contributed by atoms with Crippen LogP contribution in [0.4, 0.5) is 5.69 Å². The highest BCUT2D eigenvalue weighted by Gasteiger charge is 2.19. The van der Waals surface area contributed by atoms with Gasteiger partial charge in [0.25, 0.3) is 0 Å². The SMILES string of the molecule is CCC1CNc2cc(C(=O)CNC(C)C)ccc2O1. The Morgan fingerprint density at radius 3 is 3.00 bits per heavy atom. The minimum Gasteiger partial charge on any atom is -0.486 e. The van der Waals surface area contributed by atoms with Gasteiger partial charge in [0.05, 0.1) is 18.8 Å². The molecule has 2 N–H and O–H groups in total. The maximum Gasteiger partial charge on any atom is 0.176 e. The Bertz CT molecular complexity index is 457. The van der Waals surface area contributed by atoms with Crippen LogP contribution in [0, 0.1) is 0 Å². The third-order valence-corrected chi connectivity index (χ3v) is 3.24. The number of fused-ring (bicyclic) bond motifs is 1. The van der Waals surface area contributed by atoms with Gasteiger partial charge in [-0.2, -0.15) is 0 Å². The molecule has 1 heterocycles. The Kier molecular flexibility index (Phi) is 4.43. The maximum absolute atomic E-state index is 12.0. The lowest BCUT2D eigenvalue weighted by molar-refractivity contribution is 0.0988. The van der Waals surface area contributed by atoms with Crippen molar-refractivity contribution in [3.63, 3.8) is 0 Å². The lowest BCUT2D eigenvalue weighted by Crippen LogP contribution is -2.31. The minimum absolute atomic E-state index is 0.107. The second-order valence-electron chi connectivity index (χ2n) is 5.20. The third kappa shape index (κ3) is 3.47. The molecule has 0 amide bonds. The molecule has 104 valence electrons. The monoisotopic (exact) mass is 262 g/mol. The fourth-order valence-electron chi connectivity index (χ4n) is 2.02. The number of ether oxygens (including phenoxy) is 1. The molecule has 0 saturated carbocycles. The molecule has 0 aromatic heterocycles. The molecule has 1 aromatic carbocycles. The molecule has 0 bridgehead atoms. The van der Waals surface area contributed by atoms with E-state index in [0.29, 0.717) is 12.6 Å². The number of hydrogen-bond donors (Lipinski definition) is 2. The second kappa shape index (κ2) is 6.06. The average molecular weight is 262 g/mol. The van der Waals surface area contributed by atoms with Crippen molar-refractivity contribution in [2.24, 2.45) is 0 Å². The molecular weight excluding hydrogens is 240 g/mol. The van der Waals surface area contributed by atoms with Gasteiger partial charge < -0.3 is 15.4 Å². The molecule has 19 heavy (non-hydrogen) atoms. The number of carbonyl (C=O) groups excluding carboxylic acids is 1. The van der Waals surface area contributed by atoms with E-state index in [0.717, 1.165) is 30.0 Å². The molecule has 0 radical (unpaired) electrons. The number of Topliss-reactive ketones (excluding diaryl/α,β-unsaturated/α-hetero) is 1. The van der Waals surface area contributed by atoms with Gasteiger partial charge in [-0.05, 0) is 24.6 Å². The van der Waals surface area contributed by atoms with Crippen LogP contribution in [0.15, 0.2) is 18.2 Å². The van der Waals surface area contributed by atoms with E-state index in [9.17, 15) is 4.79 Å². The first kappa shape index (κ1) is 13.9. The first-order valence-corrected chi connectivity index (χ1v) is 6.91. The minimum atomic E-state index is 0.107. The van der Waals surface area contributed by atoms with Gasteiger partial charge in [0.15, 0.2) is 5.78 Å². The molecule has 0 fully saturated rings. The van der Waals surface area contributed by atoms with Crippen molar-refractivity contribution in [3.05, 3.63) is 23.8 Å². The zero-order valence-electron chi connectivity index (χ0n) is 11.8. The van der Waals surface area contributed by atoms with Crippen molar-refractivity contribution in [2.75, 3.05) is 18.4 Å². The summed E-state index contributed by atoms with van der Waals surface area (Å²) in [5.41, 5.74) is 1.64. The number of hydrogen-bond acceptors (Lipinski definition) is 4. The molecule has 4 heteroatoms. The summed E-state index contributed by atoms with van der Waals surface area (Å²) in [6, 6.07) is 5.91. The molecular formula is C15H22N2O2. The van der Waals surface area contributed by atoms with E-state index in [2.05, 4.69) is 17.6 Å². The quantitative estimate of drug-likeness (QED) is 0.800. The van der Waals surface area contributed by atoms with Crippen LogP contribution in [0.2, 0.25) is 0 Å². The normalized spacial score (nSPS) is 17.6. The first-order chi connectivity index (χ1) is 9.10. The van der Waals surface area contributed by atoms with Gasteiger partial charge in [-0.15, -0.1) is 0 Å². The summed E-state index contributed by atoms with van der Waals surface area (Å²) < 4.78 is 5.82. The largest absolute Gasteiger partial charge is 0.486 e. The van der Waals surface area contributed by atoms with Crippen molar-refractivity contribution < 1.29 is 9.53 Å². The molecule has 2 rings (SSSR count). The molecule has 0 saturated heterocycles. The van der Waals surface area contributed by atoms with Crippen LogP contribution in [-0.2, 0) is 0 Å². The number of benzene rings is 1. The highest BCUT2D eigenvalue weighted by molar-refractivity contribution is 5.98. The van der Waals surface area contributed by atoms with Gasteiger partial charge in [0, 0.05) is 11.6 Å². The molecule has 1 aromatic rings. The molecule has 1 unspecified atom stereocenters. The van der Waals surface area contributed by atoms with Crippen molar-refractivity contribution in [2.45, 2.75) is 39.3 Å². The fourth-order valence-corrected chi connectivity index (χ4v) is 2.02. The molecule has 0 aliphatic carbocycles. The summed E-state index contributed by atoms with van der Waals surface area (Å²) in [6.07, 6.45) is 1.20. The summed E-state index contributed by atoms with van der Waals surface area (Å²) in [5.74, 6) is 0.947. The van der Waals surface area contributed by atoms with E-state index in [1.165, 1.54) is 0 Å². The smallest absolute Gasteiger partial charge is 0.176 e. The lowest BCUT2D eigenvalue weighted by Gasteiger charge is -2.26. The zero-order valence-corrected chi connectivity index (χ0v) is 11.8. The van der Waals surface area contributed by atoms with Gasteiger partial charge >= 0.3 is 0 Å². The zero-order chi connectivity index (χ0) is 13.8. The van der Waals surface area contributed by atoms with Crippen molar-refractivity contribution in [1.82, 2.24) is 5.32 Å². The van der Waals surface area contributed by atoms with Crippen LogP contribution in [0.25, 0.3) is 0 Å². The molecule has 1 atom stereocenters. The fraction of sp³-hybridized carbons (Fsp3) is 0.533. The van der Waals surface area contributed by atoms with E-state index in [1.54, 1.807) is 0 Å². The van der Waals surface area contributed by atoms with Crippen molar-refractivity contribution in [1.29, 1.82) is 0 Å². The summed E-state index contributed by atoms with van der Waals surface area (Å²) in [6.45, 7) is 7.33. The predicted octanol–water partition coefficient (Wildman–Crippen LogP) is 2.45. The Morgan fingerprint density at radius 2 is 2.32 bits per heavy atom. The Hall–Kier alpha value is -1.55. The predicted molar refractivity (Wildman–Crippen MR) is 77.1 cm³/mol. The van der Waals surface area contributed by atoms with Gasteiger partial charge in [0.1, 0.15) is 11.9 Å². The Labute approximate surface area is 114 Å². The van der Waals surface area contributed by atoms with E-state index in [1.807, 2.05) is 32.0 Å². The number of rotatable bonds is 5. The topological polar surface area (TPSA) is 50.4 Å². The summed E-state index contributed by atoms with van der Waals surface area (Å²) >= 11 is 0. The van der Waals surface area contributed by atoms with Crippen molar-refractivity contribution >= 4 is 11.5 Å². The van der Waals surface area contributed by atoms with E-state index < -0.39 is 0 Å². The average Bonchev–Trinajstić information content (AvgIpc) is 2.43. The van der Waals surface area contributed by atoms with Gasteiger partial charge in [-0.3, -0.25) is 4.79 Å². The van der Waals surface area contributed by atoms with Crippen molar-refractivity contribution in [3.8, 4) is 5.75 Å². The maximum atomic E-state index is 12.0. The summed E-state index contributed by atoms with van der Waals surface area (Å²) in [5, 5.41) is 6.46. The lowest BCUT2D eigenvalue weighted by atomic mass is 10.1. The standard InChI is InChI=1S/C15H22N2O2/c1-4-12-8-17-13-7-11(5-6-15(13)19-12)14(18)9-16-10(2)3/h5-7,10,12,16-17H,4,8-9H2,1-3H3. The van der Waals surface area contributed by atoms with Crippen LogP contribution in [0.3, 0.4) is 0 Å². The number of anilines is 1. The van der Waals surface area contributed by atoms with E-state index >= 15 is 0 Å². The highest BCUT2D eigenvalue weighted by Crippen LogP contribution is 2.30. The second-order valence-corrected chi connectivity index (χ2v) is 5.20. The van der Waals surface area contributed by atoms with Crippen LogP contribution in [-0.4, -0.2) is 31.0 Å². The van der Waals surface area contributed by atoms with Gasteiger partial charge in [0.2, 0.25) is 0 Å². The number of carbonyl (C=O) groups is 1. The van der Waals surface area contributed by atoms with E-state index in [-0.39, 0.29) is 11.9 Å². The highest BCUT2D eigenvalue weighted by atomic mass is 16.5. The van der Waals surface area contributed by atoms with Gasteiger partial charge in [-0.1, -0.05) is 20.8 Å². The molecule has 0 spiro atoms. The van der Waals surface area contributed by atoms with Gasteiger partial charge in [-0.25, -0.2) is 0 Å². The third-order valence-electron chi connectivity index (χ3n) is 3.24. The number of nitrogens with one attached hydrogen (secondary N) is 2. The molecule has 1 aliphatic rings. The molecule has 1 aliphatic heterocycles. The van der Waals surface area contributed by atoms with E-state index in [4.69, 9.17) is 4.74 Å². The summed E-state index contributed by atoms with van der Waals surface area (Å²) in [4.78, 5) is 12.0. The summed E-state index contributed by atoms with van der Waals surface area (Å²) in [7, 11) is 0. The Morgan fingerprint density at radius 1 is 1.53 bits per heavy atom. The first-order valence-electron chi connectivity index (χ1n) is 6.91. The number of ketones is 1. The van der Waals surface area contributed by atoms with Crippen LogP contribution in [0.1, 0.15) is 37.6 Å². The van der Waals surface area contributed by atoms with Crippen LogP contribution in [0.5, 0.6) is 5.75 Å². The Balaban J connectivity index is 2.07. The van der Waals surface area contributed by atoms with Crippen LogP contribution >= 0.6 is 0 Å². The van der Waals surface area contributed by atoms with Crippen LogP contribution < -0.4 is 15.4 Å². The molecule has 4 nitrogen and oxygen atoms in total.